The van der Waals surface area contributed by atoms with E-state index in [1.54, 1.807) is 26.0 Å². The van der Waals surface area contributed by atoms with Crippen LogP contribution in [-0.2, 0) is 9.53 Å². The van der Waals surface area contributed by atoms with Crippen LogP contribution in [0, 0.1) is 5.92 Å². The van der Waals surface area contributed by atoms with Gasteiger partial charge < -0.3 is 24.8 Å². The van der Waals surface area contributed by atoms with Crippen LogP contribution in [0.5, 0.6) is 11.5 Å². The van der Waals surface area contributed by atoms with Crippen LogP contribution in [-0.4, -0.2) is 31.3 Å². The summed E-state index contributed by atoms with van der Waals surface area (Å²) < 4.78 is 17.3. The third-order valence-corrected chi connectivity index (χ3v) is 5.20. The predicted octanol–water partition coefficient (Wildman–Crippen LogP) is 5.49. The van der Waals surface area contributed by atoms with Gasteiger partial charge in [0.2, 0.25) is 0 Å². The molecule has 0 aliphatic carbocycles. The second-order valence-electron chi connectivity index (χ2n) is 8.61. The Labute approximate surface area is 205 Å². The van der Waals surface area contributed by atoms with E-state index in [4.69, 9.17) is 25.8 Å². The van der Waals surface area contributed by atoms with Crippen LogP contribution >= 0.6 is 11.6 Å². The van der Waals surface area contributed by atoms with E-state index in [0.717, 1.165) is 0 Å². The number of esters is 1. The molecule has 1 aliphatic heterocycles. The minimum Gasteiger partial charge on any atom is -0.490 e. The summed E-state index contributed by atoms with van der Waals surface area (Å²) in [7, 11) is 0. The second-order valence-corrected chi connectivity index (χ2v) is 9.02. The zero-order valence-electron chi connectivity index (χ0n) is 20.1. The molecule has 2 amide bonds. The molecule has 182 valence electrons. The van der Waals surface area contributed by atoms with Gasteiger partial charge in [0.05, 0.1) is 41.7 Å². The molecule has 2 aromatic rings. The average molecular weight is 487 g/mol. The van der Waals surface area contributed by atoms with Gasteiger partial charge in [-0.05, 0) is 49.9 Å². The Morgan fingerprint density at radius 1 is 1.09 bits per heavy atom. The SMILES string of the molecule is CCOc1cc(C2NC(=O)NC(c3ccccc3)=C2C(=O)OC(C)C)cc(Cl)c1OCC(C)C. The standard InChI is InChI=1S/C26H31ClN2O5/c1-6-32-20-13-18(12-19(27)24(20)33-14-15(2)3)23-21(25(30)34-16(4)5)22(28-26(31)29-23)17-10-8-7-9-11-17/h7-13,15-16,23H,6,14H2,1-5H3,(H2,28,29,31). The maximum atomic E-state index is 13.3. The molecule has 0 bridgehead atoms. The molecule has 3 rings (SSSR count). The first-order chi connectivity index (χ1) is 16.2. The molecule has 0 fully saturated rings. The van der Waals surface area contributed by atoms with E-state index < -0.39 is 18.0 Å². The van der Waals surface area contributed by atoms with Gasteiger partial charge in [0, 0.05) is 0 Å². The summed E-state index contributed by atoms with van der Waals surface area (Å²) >= 11 is 6.61. The van der Waals surface area contributed by atoms with Gasteiger partial charge in [-0.1, -0.05) is 55.8 Å². The molecule has 0 radical (unpaired) electrons. The van der Waals surface area contributed by atoms with E-state index in [1.807, 2.05) is 51.1 Å². The van der Waals surface area contributed by atoms with E-state index in [9.17, 15) is 9.59 Å². The number of amides is 2. The van der Waals surface area contributed by atoms with Crippen LogP contribution < -0.4 is 20.1 Å². The van der Waals surface area contributed by atoms with Gasteiger partial charge >= 0.3 is 12.0 Å². The van der Waals surface area contributed by atoms with Crippen molar-refractivity contribution in [2.75, 3.05) is 13.2 Å². The van der Waals surface area contributed by atoms with Crippen LogP contribution in [0.25, 0.3) is 5.70 Å². The molecule has 2 aromatic carbocycles. The molecule has 34 heavy (non-hydrogen) atoms. The Morgan fingerprint density at radius 2 is 1.79 bits per heavy atom. The first-order valence-corrected chi connectivity index (χ1v) is 11.8. The van der Waals surface area contributed by atoms with Crippen molar-refractivity contribution in [3.05, 3.63) is 64.2 Å². The Balaban J connectivity index is 2.16. The van der Waals surface area contributed by atoms with E-state index in [-0.39, 0.29) is 11.7 Å². The summed E-state index contributed by atoms with van der Waals surface area (Å²) in [4.78, 5) is 25.9. The number of benzene rings is 2. The minimum atomic E-state index is -0.814. The first-order valence-electron chi connectivity index (χ1n) is 11.4. The van der Waals surface area contributed by atoms with E-state index in [2.05, 4.69) is 10.6 Å². The third kappa shape index (κ3) is 6.03. The molecule has 7 nitrogen and oxygen atoms in total. The van der Waals surface area contributed by atoms with Crippen LogP contribution in [0.1, 0.15) is 51.8 Å². The van der Waals surface area contributed by atoms with Gasteiger partial charge in [-0.15, -0.1) is 0 Å². The van der Waals surface area contributed by atoms with E-state index in [1.165, 1.54) is 0 Å². The van der Waals surface area contributed by atoms with Crippen molar-refractivity contribution >= 4 is 29.3 Å². The lowest BCUT2D eigenvalue weighted by Crippen LogP contribution is -2.45. The maximum absolute atomic E-state index is 13.3. The van der Waals surface area contributed by atoms with Crippen molar-refractivity contribution in [2.24, 2.45) is 5.92 Å². The lowest BCUT2D eigenvalue weighted by atomic mass is 9.92. The van der Waals surface area contributed by atoms with Crippen molar-refractivity contribution in [1.82, 2.24) is 10.6 Å². The fourth-order valence-electron chi connectivity index (χ4n) is 3.55. The summed E-state index contributed by atoms with van der Waals surface area (Å²) in [6.45, 7) is 10.3. The highest BCUT2D eigenvalue weighted by Gasteiger charge is 2.35. The predicted molar refractivity (Wildman–Crippen MR) is 132 cm³/mol. The number of nitrogens with one attached hydrogen (secondary N) is 2. The Hall–Kier alpha value is -3.19. The second kappa shape index (κ2) is 11.3. The summed E-state index contributed by atoms with van der Waals surface area (Å²) in [5.41, 5.74) is 1.92. The van der Waals surface area contributed by atoms with Crippen LogP contribution in [0.2, 0.25) is 5.02 Å². The van der Waals surface area contributed by atoms with E-state index in [0.29, 0.717) is 52.5 Å². The lowest BCUT2D eigenvalue weighted by Gasteiger charge is -2.30. The van der Waals surface area contributed by atoms with E-state index >= 15 is 0 Å². The highest BCUT2D eigenvalue weighted by molar-refractivity contribution is 6.32. The van der Waals surface area contributed by atoms with Gasteiger partial charge in [0.15, 0.2) is 11.5 Å². The first kappa shape index (κ1) is 25.4. The zero-order chi connectivity index (χ0) is 24.8. The molecule has 8 heteroatoms. The molecule has 0 saturated carbocycles. The number of ether oxygens (including phenoxy) is 3. The number of hydrogen-bond donors (Lipinski definition) is 2. The molecule has 1 heterocycles. The van der Waals surface area contributed by atoms with Crippen LogP contribution in [0.15, 0.2) is 48.0 Å². The smallest absolute Gasteiger partial charge is 0.338 e. The number of carbonyl (C=O) groups is 2. The Bertz CT molecular complexity index is 1070. The third-order valence-electron chi connectivity index (χ3n) is 4.92. The maximum Gasteiger partial charge on any atom is 0.338 e. The normalized spacial score (nSPS) is 15.8. The Kier molecular flexibility index (Phi) is 8.45. The highest BCUT2D eigenvalue weighted by atomic mass is 35.5. The summed E-state index contributed by atoms with van der Waals surface area (Å²) in [5, 5.41) is 5.94. The number of hydrogen-bond acceptors (Lipinski definition) is 5. The fraction of sp³-hybridized carbons (Fsp3) is 0.385. The number of carbonyl (C=O) groups excluding carboxylic acids is 2. The number of urea groups is 1. The fourth-order valence-corrected chi connectivity index (χ4v) is 3.83. The molecule has 1 unspecified atom stereocenters. The van der Waals surface area contributed by atoms with Crippen molar-refractivity contribution < 1.29 is 23.8 Å². The molecule has 0 saturated heterocycles. The lowest BCUT2D eigenvalue weighted by molar-refractivity contribution is -0.143. The molecule has 1 atom stereocenters. The van der Waals surface area contributed by atoms with Gasteiger partial charge in [0.25, 0.3) is 0 Å². The number of rotatable bonds is 9. The molecule has 0 aromatic heterocycles. The zero-order valence-corrected chi connectivity index (χ0v) is 20.9. The molecule has 2 N–H and O–H groups in total. The van der Waals surface area contributed by atoms with Crippen molar-refractivity contribution in [1.29, 1.82) is 0 Å². The van der Waals surface area contributed by atoms with Crippen molar-refractivity contribution in [2.45, 2.75) is 46.8 Å². The van der Waals surface area contributed by atoms with Crippen molar-refractivity contribution in [3.8, 4) is 11.5 Å². The highest BCUT2D eigenvalue weighted by Crippen LogP contribution is 2.41. The van der Waals surface area contributed by atoms with Gasteiger partial charge in [-0.3, -0.25) is 0 Å². The van der Waals surface area contributed by atoms with Crippen molar-refractivity contribution in [3.63, 3.8) is 0 Å². The van der Waals surface area contributed by atoms with Crippen LogP contribution in [0.4, 0.5) is 4.79 Å². The molecular formula is C26H31ClN2O5. The average Bonchev–Trinajstić information content (AvgIpc) is 2.77. The summed E-state index contributed by atoms with van der Waals surface area (Å²) in [6.07, 6.45) is -0.343. The number of halogens is 1. The van der Waals surface area contributed by atoms with Crippen LogP contribution in [0.3, 0.4) is 0 Å². The topological polar surface area (TPSA) is 85.9 Å². The molecular weight excluding hydrogens is 456 g/mol. The molecule has 1 aliphatic rings. The molecule has 0 spiro atoms. The summed E-state index contributed by atoms with van der Waals surface area (Å²) in [5.74, 6) is 0.624. The van der Waals surface area contributed by atoms with Gasteiger partial charge in [-0.25, -0.2) is 9.59 Å². The Morgan fingerprint density at radius 3 is 2.41 bits per heavy atom. The largest absolute Gasteiger partial charge is 0.490 e. The van der Waals surface area contributed by atoms with Gasteiger partial charge in [-0.2, -0.15) is 0 Å². The minimum absolute atomic E-state index is 0.272. The quantitative estimate of drug-likeness (QED) is 0.458. The summed E-state index contributed by atoms with van der Waals surface area (Å²) in [6, 6.07) is 11.3. The van der Waals surface area contributed by atoms with Gasteiger partial charge in [0.1, 0.15) is 0 Å². The monoisotopic (exact) mass is 486 g/mol.